The van der Waals surface area contributed by atoms with Crippen LogP contribution in [-0.2, 0) is 0 Å². The minimum Gasteiger partial charge on any atom is -0.450 e. The fourth-order valence-corrected chi connectivity index (χ4v) is 0.823. The first-order valence-corrected chi connectivity index (χ1v) is 3.51. The van der Waals surface area contributed by atoms with E-state index in [4.69, 9.17) is 10.3 Å². The highest BCUT2D eigenvalue weighted by Crippen LogP contribution is 2.04. The maximum absolute atomic E-state index is 8.49. The third kappa shape index (κ3) is 2.26. The molecular formula is C9H7BNO. The van der Waals surface area contributed by atoms with Gasteiger partial charge in [0.2, 0.25) is 0 Å². The summed E-state index contributed by atoms with van der Waals surface area (Å²) in [5, 5.41) is 16.9. The van der Waals surface area contributed by atoms with E-state index in [0.29, 0.717) is 5.56 Å². The van der Waals surface area contributed by atoms with Crippen LogP contribution in [0.3, 0.4) is 0 Å². The summed E-state index contributed by atoms with van der Waals surface area (Å²) in [5.41, 5.74) is 1.60. The molecule has 0 aliphatic carbocycles. The molecule has 3 heteroatoms. The molecule has 0 aromatic heterocycles. The summed E-state index contributed by atoms with van der Waals surface area (Å²) in [5.74, 6) is 1.53. The third-order valence-electron chi connectivity index (χ3n) is 1.41. The number of hydrogen-bond acceptors (Lipinski definition) is 2. The van der Waals surface area contributed by atoms with Gasteiger partial charge in [-0.3, -0.25) is 0 Å². The average Bonchev–Trinajstić information content (AvgIpc) is 2.15. The van der Waals surface area contributed by atoms with Gasteiger partial charge in [-0.05, 0) is 17.7 Å². The molecule has 1 radical (unpaired) electrons. The minimum atomic E-state index is 0.639. The Bertz CT molecular complexity index is 310. The van der Waals surface area contributed by atoms with Gasteiger partial charge in [-0.1, -0.05) is 24.2 Å². The van der Waals surface area contributed by atoms with Gasteiger partial charge in [-0.25, -0.2) is 0 Å². The van der Waals surface area contributed by atoms with Gasteiger partial charge >= 0.3 is 7.48 Å². The molecule has 1 rings (SSSR count). The van der Waals surface area contributed by atoms with E-state index in [-0.39, 0.29) is 0 Å². The second-order valence-corrected chi connectivity index (χ2v) is 2.24. The summed E-state index contributed by atoms with van der Waals surface area (Å²) >= 11 is 0. The molecule has 0 aliphatic heterocycles. The van der Waals surface area contributed by atoms with Crippen LogP contribution in [0.2, 0.25) is 0 Å². The van der Waals surface area contributed by atoms with Crippen LogP contribution in [0.1, 0.15) is 11.1 Å². The molecule has 0 amide bonds. The van der Waals surface area contributed by atoms with Crippen LogP contribution in [0, 0.1) is 11.3 Å². The van der Waals surface area contributed by atoms with E-state index in [9.17, 15) is 0 Å². The zero-order chi connectivity index (χ0) is 8.81. The molecule has 0 fully saturated rings. The standard InChI is InChI=1S/C9H7BNO/c11-7-9-3-1-8(2-4-9)5-6-10-12/h1-6,12H/b6-5+. The second kappa shape index (κ2) is 4.37. The smallest absolute Gasteiger partial charge is 0.318 e. The van der Waals surface area contributed by atoms with Crippen LogP contribution in [0.25, 0.3) is 6.08 Å². The van der Waals surface area contributed by atoms with Crippen LogP contribution in [0.4, 0.5) is 0 Å². The first-order chi connectivity index (χ1) is 5.86. The van der Waals surface area contributed by atoms with Crippen LogP contribution < -0.4 is 0 Å². The number of nitriles is 1. The molecule has 0 atom stereocenters. The molecule has 1 aromatic carbocycles. The van der Waals surface area contributed by atoms with Crippen molar-refractivity contribution >= 4 is 13.6 Å². The molecule has 0 heterocycles. The fraction of sp³-hybridized carbons (Fsp3) is 0. The van der Waals surface area contributed by atoms with Crippen molar-refractivity contribution in [2.24, 2.45) is 0 Å². The Kier molecular flexibility index (Phi) is 3.12. The van der Waals surface area contributed by atoms with Crippen LogP contribution >= 0.6 is 0 Å². The Balaban J connectivity index is 2.80. The molecule has 0 saturated heterocycles. The van der Waals surface area contributed by atoms with E-state index in [2.05, 4.69) is 0 Å². The molecule has 1 N–H and O–H groups in total. The molecular weight excluding hydrogens is 149 g/mol. The molecule has 12 heavy (non-hydrogen) atoms. The van der Waals surface area contributed by atoms with Crippen molar-refractivity contribution in [1.29, 1.82) is 5.26 Å². The Morgan fingerprint density at radius 1 is 1.33 bits per heavy atom. The quantitative estimate of drug-likeness (QED) is 0.652. The van der Waals surface area contributed by atoms with Crippen molar-refractivity contribution in [3.05, 3.63) is 41.4 Å². The van der Waals surface area contributed by atoms with Crippen molar-refractivity contribution in [1.82, 2.24) is 0 Å². The van der Waals surface area contributed by atoms with Crippen LogP contribution in [0.5, 0.6) is 0 Å². The zero-order valence-corrected chi connectivity index (χ0v) is 6.44. The Morgan fingerprint density at radius 2 is 2.00 bits per heavy atom. The maximum Gasteiger partial charge on any atom is 0.318 e. The SMILES string of the molecule is N#Cc1ccc(/C=C/[B]O)cc1. The predicted octanol–water partition coefficient (Wildman–Crippen LogP) is 1.14. The monoisotopic (exact) mass is 156 g/mol. The normalized spacial score (nSPS) is 9.67. The highest BCUT2D eigenvalue weighted by atomic mass is 16.2. The highest BCUT2D eigenvalue weighted by Gasteiger charge is 1.88. The summed E-state index contributed by atoms with van der Waals surface area (Å²) in [6.07, 6.45) is 1.75. The molecule has 0 spiro atoms. The number of hydrogen-bond donors (Lipinski definition) is 1. The minimum absolute atomic E-state index is 0.639. The van der Waals surface area contributed by atoms with Crippen molar-refractivity contribution in [2.75, 3.05) is 0 Å². The molecule has 0 unspecified atom stereocenters. The Labute approximate surface area is 72.0 Å². The van der Waals surface area contributed by atoms with Crippen molar-refractivity contribution in [3.63, 3.8) is 0 Å². The van der Waals surface area contributed by atoms with Crippen molar-refractivity contribution in [3.8, 4) is 6.07 Å². The lowest BCUT2D eigenvalue weighted by atomic mass is 10.00. The zero-order valence-electron chi connectivity index (χ0n) is 6.44. The number of rotatable bonds is 2. The van der Waals surface area contributed by atoms with Gasteiger partial charge in [0.15, 0.2) is 0 Å². The predicted molar refractivity (Wildman–Crippen MR) is 48.2 cm³/mol. The van der Waals surface area contributed by atoms with E-state index < -0.39 is 0 Å². The van der Waals surface area contributed by atoms with Crippen LogP contribution in [-0.4, -0.2) is 12.5 Å². The van der Waals surface area contributed by atoms with E-state index in [1.165, 1.54) is 5.98 Å². The Hall–Kier alpha value is -1.53. The van der Waals surface area contributed by atoms with Gasteiger partial charge in [0.1, 0.15) is 0 Å². The first kappa shape index (κ1) is 8.57. The van der Waals surface area contributed by atoms with Gasteiger partial charge in [0.05, 0.1) is 11.6 Å². The molecule has 1 aromatic rings. The van der Waals surface area contributed by atoms with Gasteiger partial charge in [0, 0.05) is 0 Å². The summed E-state index contributed by atoms with van der Waals surface area (Å²) in [4.78, 5) is 0. The van der Waals surface area contributed by atoms with Crippen LogP contribution in [0.15, 0.2) is 30.2 Å². The average molecular weight is 156 g/mol. The molecule has 2 nitrogen and oxygen atoms in total. The number of benzene rings is 1. The Morgan fingerprint density at radius 3 is 2.50 bits per heavy atom. The summed E-state index contributed by atoms with van der Waals surface area (Å²) in [7, 11) is 0.970. The summed E-state index contributed by atoms with van der Waals surface area (Å²) in [6, 6.07) is 9.13. The lowest BCUT2D eigenvalue weighted by molar-refractivity contribution is 0.615. The summed E-state index contributed by atoms with van der Waals surface area (Å²) < 4.78 is 0. The summed E-state index contributed by atoms with van der Waals surface area (Å²) in [6.45, 7) is 0. The maximum atomic E-state index is 8.49. The highest BCUT2D eigenvalue weighted by molar-refractivity contribution is 6.33. The van der Waals surface area contributed by atoms with E-state index in [0.717, 1.165) is 13.0 Å². The van der Waals surface area contributed by atoms with E-state index in [1.807, 2.05) is 18.2 Å². The van der Waals surface area contributed by atoms with Gasteiger partial charge in [-0.15, -0.1) is 0 Å². The second-order valence-electron chi connectivity index (χ2n) is 2.24. The molecule has 0 saturated carbocycles. The van der Waals surface area contributed by atoms with Crippen molar-refractivity contribution in [2.45, 2.75) is 0 Å². The van der Waals surface area contributed by atoms with E-state index in [1.54, 1.807) is 18.2 Å². The molecule has 0 aliphatic rings. The number of nitrogens with zero attached hydrogens (tertiary/aromatic N) is 1. The lowest BCUT2D eigenvalue weighted by Crippen LogP contribution is -1.79. The third-order valence-corrected chi connectivity index (χ3v) is 1.41. The first-order valence-electron chi connectivity index (χ1n) is 3.51. The van der Waals surface area contributed by atoms with Gasteiger partial charge < -0.3 is 5.02 Å². The largest absolute Gasteiger partial charge is 0.450 e. The van der Waals surface area contributed by atoms with Gasteiger partial charge in [-0.2, -0.15) is 5.26 Å². The molecule has 57 valence electrons. The van der Waals surface area contributed by atoms with Crippen molar-refractivity contribution < 1.29 is 5.02 Å². The fourth-order valence-electron chi connectivity index (χ4n) is 0.823. The molecule has 0 bridgehead atoms. The lowest BCUT2D eigenvalue weighted by Gasteiger charge is -1.91. The topological polar surface area (TPSA) is 44.0 Å². The van der Waals surface area contributed by atoms with E-state index >= 15 is 0 Å². The van der Waals surface area contributed by atoms with Gasteiger partial charge in [0.25, 0.3) is 0 Å².